The van der Waals surface area contributed by atoms with E-state index < -0.39 is 0 Å². The van der Waals surface area contributed by atoms with Gasteiger partial charge in [-0.1, -0.05) is 18.2 Å². The largest absolute Gasteiger partial charge is 0.395 e. The highest BCUT2D eigenvalue weighted by Crippen LogP contribution is 2.18. The Morgan fingerprint density at radius 3 is 2.93 bits per heavy atom. The zero-order valence-corrected chi connectivity index (χ0v) is 8.83. The van der Waals surface area contributed by atoms with Crippen molar-refractivity contribution in [3.63, 3.8) is 0 Å². The number of nitrogens with one attached hydrogen (secondary N) is 2. The predicted octanol–water partition coefficient (Wildman–Crippen LogP) is 1.29. The van der Waals surface area contributed by atoms with Gasteiger partial charge in [0.15, 0.2) is 0 Å². The van der Waals surface area contributed by atoms with Crippen LogP contribution in [0.15, 0.2) is 30.5 Å². The molecule has 0 saturated carbocycles. The number of aromatic nitrogens is 1. The fourth-order valence-electron chi connectivity index (χ4n) is 1.82. The molecule has 3 N–H and O–H groups in total. The second-order valence-corrected chi connectivity index (χ2v) is 3.73. The van der Waals surface area contributed by atoms with Crippen molar-refractivity contribution >= 4 is 10.9 Å². The van der Waals surface area contributed by atoms with Gasteiger partial charge in [-0.15, -0.1) is 0 Å². The van der Waals surface area contributed by atoms with E-state index in [9.17, 15) is 0 Å². The molecule has 1 aromatic carbocycles. The predicted molar refractivity (Wildman–Crippen MR) is 61.9 cm³/mol. The minimum Gasteiger partial charge on any atom is -0.395 e. The molecular formula is C12H16N2O. The number of fused-ring (bicyclic) bond motifs is 1. The van der Waals surface area contributed by atoms with E-state index in [1.165, 1.54) is 10.9 Å². The average Bonchev–Trinajstić information content (AvgIpc) is 2.69. The SMILES string of the molecule is CN[C@@H](CO)Cc1c[nH]c2ccccc12. The van der Waals surface area contributed by atoms with Gasteiger partial charge in [0.25, 0.3) is 0 Å². The number of H-pyrrole nitrogens is 1. The summed E-state index contributed by atoms with van der Waals surface area (Å²) in [5.41, 5.74) is 2.40. The Balaban J connectivity index is 2.28. The maximum absolute atomic E-state index is 9.12. The Kier molecular flexibility index (Phi) is 3.04. The summed E-state index contributed by atoms with van der Waals surface area (Å²) in [6.45, 7) is 0.163. The van der Waals surface area contributed by atoms with E-state index in [2.05, 4.69) is 22.4 Å². The molecule has 2 aromatic rings. The van der Waals surface area contributed by atoms with E-state index in [1.54, 1.807) is 0 Å². The average molecular weight is 204 g/mol. The van der Waals surface area contributed by atoms with E-state index in [0.717, 1.165) is 11.9 Å². The minimum atomic E-state index is 0.129. The monoisotopic (exact) mass is 204 g/mol. The van der Waals surface area contributed by atoms with Gasteiger partial charge >= 0.3 is 0 Å². The molecule has 0 aliphatic heterocycles. The van der Waals surface area contributed by atoms with Gasteiger partial charge in [0.1, 0.15) is 0 Å². The van der Waals surface area contributed by atoms with Gasteiger partial charge in [-0.25, -0.2) is 0 Å². The Labute approximate surface area is 89.1 Å². The molecule has 0 radical (unpaired) electrons. The minimum absolute atomic E-state index is 0.129. The molecule has 0 saturated heterocycles. The molecule has 3 nitrogen and oxygen atoms in total. The summed E-state index contributed by atoms with van der Waals surface area (Å²) < 4.78 is 0. The van der Waals surface area contributed by atoms with Gasteiger partial charge in [0.05, 0.1) is 6.61 Å². The van der Waals surface area contributed by atoms with Crippen molar-refractivity contribution in [2.45, 2.75) is 12.5 Å². The van der Waals surface area contributed by atoms with Gasteiger partial charge in [0, 0.05) is 23.1 Å². The molecule has 15 heavy (non-hydrogen) atoms. The molecular weight excluding hydrogens is 188 g/mol. The van der Waals surface area contributed by atoms with Gasteiger partial charge in [-0.2, -0.15) is 0 Å². The Morgan fingerprint density at radius 1 is 1.40 bits per heavy atom. The van der Waals surface area contributed by atoms with E-state index in [4.69, 9.17) is 5.11 Å². The van der Waals surface area contributed by atoms with E-state index in [1.807, 2.05) is 25.4 Å². The van der Waals surface area contributed by atoms with Crippen molar-refractivity contribution < 1.29 is 5.11 Å². The van der Waals surface area contributed by atoms with Gasteiger partial charge in [0.2, 0.25) is 0 Å². The van der Waals surface area contributed by atoms with Gasteiger partial charge in [-0.05, 0) is 25.1 Å². The second-order valence-electron chi connectivity index (χ2n) is 3.73. The summed E-state index contributed by atoms with van der Waals surface area (Å²) in [6, 6.07) is 8.35. The lowest BCUT2D eigenvalue weighted by Gasteiger charge is -2.11. The number of aromatic amines is 1. The molecule has 0 bridgehead atoms. The van der Waals surface area contributed by atoms with E-state index in [0.29, 0.717) is 0 Å². The van der Waals surface area contributed by atoms with Crippen molar-refractivity contribution in [1.82, 2.24) is 10.3 Å². The van der Waals surface area contributed by atoms with E-state index in [-0.39, 0.29) is 12.6 Å². The summed E-state index contributed by atoms with van der Waals surface area (Å²) in [5, 5.41) is 13.5. The molecule has 80 valence electrons. The standard InChI is InChI=1S/C12H16N2O/c1-13-10(8-15)6-9-7-14-12-5-3-2-4-11(9)12/h2-5,7,10,13-15H,6,8H2,1H3/t10-/m1/s1. The van der Waals surface area contributed by atoms with Crippen LogP contribution in [0.2, 0.25) is 0 Å². The van der Waals surface area contributed by atoms with Gasteiger partial charge in [-0.3, -0.25) is 0 Å². The molecule has 0 unspecified atom stereocenters. The van der Waals surface area contributed by atoms with Crippen molar-refractivity contribution in [2.75, 3.05) is 13.7 Å². The number of aliphatic hydroxyl groups excluding tert-OH is 1. The third-order valence-electron chi connectivity index (χ3n) is 2.77. The maximum Gasteiger partial charge on any atom is 0.0587 e. The number of rotatable bonds is 4. The maximum atomic E-state index is 9.12. The van der Waals surface area contributed by atoms with Crippen molar-refractivity contribution in [1.29, 1.82) is 0 Å². The second kappa shape index (κ2) is 4.47. The quantitative estimate of drug-likeness (QED) is 0.703. The topological polar surface area (TPSA) is 48.0 Å². The summed E-state index contributed by atoms with van der Waals surface area (Å²) in [7, 11) is 1.87. The summed E-state index contributed by atoms with van der Waals surface area (Å²) in [6.07, 6.45) is 2.86. The number of hydrogen-bond acceptors (Lipinski definition) is 2. The smallest absolute Gasteiger partial charge is 0.0587 e. The fourth-order valence-corrected chi connectivity index (χ4v) is 1.82. The van der Waals surface area contributed by atoms with Crippen LogP contribution in [0, 0.1) is 0 Å². The van der Waals surface area contributed by atoms with Crippen LogP contribution in [-0.2, 0) is 6.42 Å². The Morgan fingerprint density at radius 2 is 2.20 bits per heavy atom. The first-order valence-electron chi connectivity index (χ1n) is 5.18. The van der Waals surface area contributed by atoms with Crippen LogP contribution in [0.1, 0.15) is 5.56 Å². The zero-order chi connectivity index (χ0) is 10.7. The first-order chi connectivity index (χ1) is 7.35. The molecule has 1 heterocycles. The third-order valence-corrected chi connectivity index (χ3v) is 2.77. The highest BCUT2D eigenvalue weighted by atomic mass is 16.3. The van der Waals surface area contributed by atoms with Crippen molar-refractivity contribution in [3.8, 4) is 0 Å². The third kappa shape index (κ3) is 2.03. The van der Waals surface area contributed by atoms with Crippen LogP contribution in [0.5, 0.6) is 0 Å². The van der Waals surface area contributed by atoms with Crippen molar-refractivity contribution in [3.05, 3.63) is 36.0 Å². The number of aliphatic hydroxyl groups is 1. The van der Waals surface area contributed by atoms with Crippen LogP contribution < -0.4 is 5.32 Å². The highest BCUT2D eigenvalue weighted by Gasteiger charge is 2.09. The van der Waals surface area contributed by atoms with E-state index >= 15 is 0 Å². The van der Waals surface area contributed by atoms with Gasteiger partial charge < -0.3 is 15.4 Å². The molecule has 3 heteroatoms. The lowest BCUT2D eigenvalue weighted by Crippen LogP contribution is -2.31. The molecule has 2 rings (SSSR count). The lowest BCUT2D eigenvalue weighted by atomic mass is 10.1. The number of para-hydroxylation sites is 1. The van der Waals surface area contributed by atoms with Crippen LogP contribution >= 0.6 is 0 Å². The number of benzene rings is 1. The summed E-state index contributed by atoms with van der Waals surface area (Å²) in [5.74, 6) is 0. The normalized spacial score (nSPS) is 13.2. The number of likely N-dealkylation sites (N-methyl/N-ethyl adjacent to an activating group) is 1. The van der Waals surface area contributed by atoms with Crippen molar-refractivity contribution in [2.24, 2.45) is 0 Å². The molecule has 0 aliphatic rings. The molecule has 1 aromatic heterocycles. The summed E-state index contributed by atoms with van der Waals surface area (Å²) in [4.78, 5) is 3.23. The first-order valence-corrected chi connectivity index (χ1v) is 5.18. The first kappa shape index (κ1) is 10.2. The van der Waals surface area contributed by atoms with Crippen LogP contribution in [-0.4, -0.2) is 29.8 Å². The molecule has 0 amide bonds. The fraction of sp³-hybridized carbons (Fsp3) is 0.333. The molecule has 1 atom stereocenters. The number of hydrogen-bond donors (Lipinski definition) is 3. The molecule has 0 fully saturated rings. The highest BCUT2D eigenvalue weighted by molar-refractivity contribution is 5.83. The Bertz CT molecular complexity index is 432. The lowest BCUT2D eigenvalue weighted by molar-refractivity contribution is 0.248. The van der Waals surface area contributed by atoms with Crippen LogP contribution in [0.4, 0.5) is 0 Å². The Hall–Kier alpha value is -1.32. The molecule has 0 aliphatic carbocycles. The van der Waals surface area contributed by atoms with Crippen LogP contribution in [0.3, 0.4) is 0 Å². The zero-order valence-electron chi connectivity index (χ0n) is 8.83. The summed E-state index contributed by atoms with van der Waals surface area (Å²) >= 11 is 0. The van der Waals surface area contributed by atoms with Crippen LogP contribution in [0.25, 0.3) is 10.9 Å². The molecule has 0 spiro atoms.